The number of aromatic amines is 1. The fourth-order valence-electron chi connectivity index (χ4n) is 3.59. The molecule has 3 aromatic rings. The third-order valence-electron chi connectivity index (χ3n) is 5.24. The fourth-order valence-corrected chi connectivity index (χ4v) is 4.50. The van der Waals surface area contributed by atoms with Gasteiger partial charge in [-0.25, -0.2) is 4.98 Å². The summed E-state index contributed by atoms with van der Waals surface area (Å²) in [6.45, 7) is 6.25. The van der Waals surface area contributed by atoms with Crippen LogP contribution in [0.5, 0.6) is 5.75 Å². The lowest BCUT2D eigenvalue weighted by atomic mass is 10.2. The Kier molecular flexibility index (Phi) is 6.06. The van der Waals surface area contributed by atoms with E-state index in [2.05, 4.69) is 39.1 Å². The molecule has 0 radical (unpaired) electrons. The Bertz CT molecular complexity index is 967. The van der Waals surface area contributed by atoms with E-state index in [-0.39, 0.29) is 11.2 Å². The number of imidazole rings is 1. The van der Waals surface area contributed by atoms with Gasteiger partial charge in [0.15, 0.2) is 5.16 Å². The maximum atomic E-state index is 12.9. The number of benzene rings is 2. The second kappa shape index (κ2) is 8.88. The number of thioether (sulfide) groups is 1. The summed E-state index contributed by atoms with van der Waals surface area (Å²) in [5.74, 6) is 0.961. The van der Waals surface area contributed by atoms with Gasteiger partial charge in [-0.05, 0) is 24.6 Å². The first-order valence-corrected chi connectivity index (χ1v) is 10.8. The molecule has 0 unspecified atom stereocenters. The van der Waals surface area contributed by atoms with Crippen LogP contribution in [0.3, 0.4) is 0 Å². The first-order chi connectivity index (χ1) is 14.1. The average molecular weight is 411 g/mol. The Labute approximate surface area is 175 Å². The highest BCUT2D eigenvalue weighted by atomic mass is 32.2. The van der Waals surface area contributed by atoms with Crippen molar-refractivity contribution in [1.29, 1.82) is 0 Å². The quantitative estimate of drug-likeness (QED) is 0.631. The summed E-state index contributed by atoms with van der Waals surface area (Å²) in [5, 5.41) is 0.579. The molecule has 7 heteroatoms. The summed E-state index contributed by atoms with van der Waals surface area (Å²) in [6.07, 6.45) is 0. The number of piperazine rings is 1. The van der Waals surface area contributed by atoms with Gasteiger partial charge < -0.3 is 14.6 Å². The predicted octanol–water partition coefficient (Wildman–Crippen LogP) is 3.40. The minimum Gasteiger partial charge on any atom is -0.497 e. The molecule has 6 nitrogen and oxygen atoms in total. The van der Waals surface area contributed by atoms with Gasteiger partial charge in [0.25, 0.3) is 0 Å². The maximum Gasteiger partial charge on any atom is 0.235 e. The Morgan fingerprint density at radius 1 is 1.17 bits per heavy atom. The lowest BCUT2D eigenvalue weighted by Gasteiger charge is -2.35. The van der Waals surface area contributed by atoms with E-state index in [9.17, 15) is 4.79 Å². The monoisotopic (exact) mass is 410 g/mol. The van der Waals surface area contributed by atoms with Crippen LogP contribution in [0.2, 0.25) is 0 Å². The van der Waals surface area contributed by atoms with Gasteiger partial charge in [-0.2, -0.15) is 0 Å². The average Bonchev–Trinajstić information content (AvgIpc) is 3.15. The molecule has 2 heterocycles. The number of fused-ring (bicyclic) bond motifs is 1. The molecule has 1 amide bonds. The number of carbonyl (C=O) groups excluding carboxylic acids is 1. The summed E-state index contributed by atoms with van der Waals surface area (Å²) < 4.78 is 5.26. The number of ether oxygens (including phenoxy) is 1. The Morgan fingerprint density at radius 3 is 2.66 bits per heavy atom. The van der Waals surface area contributed by atoms with Crippen molar-refractivity contribution in [2.24, 2.45) is 0 Å². The molecule has 0 saturated carbocycles. The number of amides is 1. The van der Waals surface area contributed by atoms with Crippen molar-refractivity contribution in [2.45, 2.75) is 23.9 Å². The van der Waals surface area contributed by atoms with E-state index in [1.165, 1.54) is 17.3 Å². The normalized spacial score (nSPS) is 16.1. The molecule has 1 atom stereocenters. The molecule has 1 aromatic heterocycles. The number of aromatic nitrogens is 2. The molecule has 0 bridgehead atoms. The van der Waals surface area contributed by atoms with E-state index >= 15 is 0 Å². The Morgan fingerprint density at radius 2 is 1.93 bits per heavy atom. The van der Waals surface area contributed by atoms with Crippen LogP contribution in [0.4, 0.5) is 0 Å². The van der Waals surface area contributed by atoms with Crippen LogP contribution >= 0.6 is 11.8 Å². The Hall–Kier alpha value is -2.51. The van der Waals surface area contributed by atoms with Gasteiger partial charge in [-0.3, -0.25) is 9.69 Å². The third-order valence-corrected chi connectivity index (χ3v) is 6.21. The Balaban J connectivity index is 1.31. The fraction of sp³-hybridized carbons (Fsp3) is 0.364. The maximum absolute atomic E-state index is 12.9. The highest BCUT2D eigenvalue weighted by molar-refractivity contribution is 8.00. The number of nitrogens with zero attached hydrogens (tertiary/aromatic N) is 3. The summed E-state index contributed by atoms with van der Waals surface area (Å²) in [7, 11) is 1.65. The van der Waals surface area contributed by atoms with E-state index in [0.717, 1.165) is 54.7 Å². The summed E-state index contributed by atoms with van der Waals surface area (Å²) in [4.78, 5) is 25.2. The molecule has 1 saturated heterocycles. The van der Waals surface area contributed by atoms with E-state index in [1.807, 2.05) is 36.1 Å². The number of nitrogens with one attached hydrogen (secondary N) is 1. The number of hydrogen-bond donors (Lipinski definition) is 1. The molecular formula is C22H26N4O2S. The van der Waals surface area contributed by atoms with Crippen molar-refractivity contribution < 1.29 is 9.53 Å². The molecule has 1 aliphatic rings. The predicted molar refractivity (Wildman–Crippen MR) is 116 cm³/mol. The first-order valence-electron chi connectivity index (χ1n) is 9.88. The number of hydrogen-bond acceptors (Lipinski definition) is 5. The van der Waals surface area contributed by atoms with Gasteiger partial charge in [0.1, 0.15) is 5.75 Å². The van der Waals surface area contributed by atoms with Crippen LogP contribution < -0.4 is 4.74 Å². The van der Waals surface area contributed by atoms with Crippen LogP contribution in [-0.2, 0) is 11.3 Å². The SMILES string of the molecule is COc1ccc2nc(S[C@H](C)C(=O)N3CCN(Cc4ccccc4)CC3)[nH]c2c1. The minimum absolute atomic E-state index is 0.174. The second-order valence-electron chi connectivity index (χ2n) is 7.27. The van der Waals surface area contributed by atoms with Gasteiger partial charge in [0, 0.05) is 38.8 Å². The molecule has 2 aromatic carbocycles. The van der Waals surface area contributed by atoms with Gasteiger partial charge >= 0.3 is 0 Å². The molecule has 1 fully saturated rings. The lowest BCUT2D eigenvalue weighted by Crippen LogP contribution is -2.50. The molecule has 0 spiro atoms. The standard InChI is InChI=1S/C22H26N4O2S/c1-16(29-22-23-19-9-8-18(28-2)14-20(19)24-22)21(27)26-12-10-25(11-13-26)15-17-6-4-3-5-7-17/h3-9,14,16H,10-13,15H2,1-2H3,(H,23,24)/t16-/m1/s1. The van der Waals surface area contributed by atoms with Gasteiger partial charge in [-0.15, -0.1) is 0 Å². The largest absolute Gasteiger partial charge is 0.497 e. The van der Waals surface area contributed by atoms with Crippen molar-refractivity contribution in [3.8, 4) is 5.75 Å². The van der Waals surface area contributed by atoms with E-state index in [4.69, 9.17) is 4.74 Å². The zero-order valence-electron chi connectivity index (χ0n) is 16.8. The smallest absolute Gasteiger partial charge is 0.235 e. The summed E-state index contributed by atoms with van der Waals surface area (Å²) in [6, 6.07) is 16.2. The van der Waals surface area contributed by atoms with Crippen molar-refractivity contribution in [3.05, 3.63) is 54.1 Å². The molecule has 152 valence electrons. The zero-order valence-corrected chi connectivity index (χ0v) is 17.6. The third kappa shape index (κ3) is 4.74. The number of rotatable bonds is 6. The molecule has 0 aliphatic carbocycles. The number of carbonyl (C=O) groups is 1. The number of methoxy groups -OCH3 is 1. The van der Waals surface area contributed by atoms with Crippen molar-refractivity contribution in [2.75, 3.05) is 33.3 Å². The van der Waals surface area contributed by atoms with Crippen LogP contribution in [0.15, 0.2) is 53.7 Å². The second-order valence-corrected chi connectivity index (χ2v) is 8.60. The molecule has 29 heavy (non-hydrogen) atoms. The van der Waals surface area contributed by atoms with Crippen LogP contribution in [0.1, 0.15) is 12.5 Å². The van der Waals surface area contributed by atoms with Crippen LogP contribution in [0.25, 0.3) is 11.0 Å². The van der Waals surface area contributed by atoms with E-state index in [1.54, 1.807) is 7.11 Å². The highest BCUT2D eigenvalue weighted by Crippen LogP contribution is 2.26. The lowest BCUT2D eigenvalue weighted by molar-refractivity contribution is -0.132. The molecule has 4 rings (SSSR count). The number of H-pyrrole nitrogens is 1. The summed E-state index contributed by atoms with van der Waals surface area (Å²) in [5.41, 5.74) is 3.11. The molecular weight excluding hydrogens is 384 g/mol. The first kappa shape index (κ1) is 19.8. The minimum atomic E-state index is -0.182. The van der Waals surface area contributed by atoms with Crippen molar-refractivity contribution in [3.63, 3.8) is 0 Å². The topological polar surface area (TPSA) is 61.5 Å². The van der Waals surface area contributed by atoms with E-state index in [0.29, 0.717) is 0 Å². The van der Waals surface area contributed by atoms with Crippen LogP contribution in [-0.4, -0.2) is 64.2 Å². The van der Waals surface area contributed by atoms with Crippen molar-refractivity contribution >= 4 is 28.7 Å². The summed E-state index contributed by atoms with van der Waals surface area (Å²) >= 11 is 1.48. The van der Waals surface area contributed by atoms with Crippen LogP contribution in [0, 0.1) is 0 Å². The van der Waals surface area contributed by atoms with E-state index < -0.39 is 0 Å². The van der Waals surface area contributed by atoms with Gasteiger partial charge in [-0.1, -0.05) is 42.1 Å². The van der Waals surface area contributed by atoms with Gasteiger partial charge in [0.2, 0.25) is 5.91 Å². The molecule has 1 aliphatic heterocycles. The highest BCUT2D eigenvalue weighted by Gasteiger charge is 2.26. The molecule has 1 N–H and O–H groups in total. The van der Waals surface area contributed by atoms with Crippen molar-refractivity contribution in [1.82, 2.24) is 19.8 Å². The zero-order chi connectivity index (χ0) is 20.2. The van der Waals surface area contributed by atoms with Gasteiger partial charge in [0.05, 0.1) is 23.4 Å².